The van der Waals surface area contributed by atoms with E-state index in [2.05, 4.69) is 9.47 Å². The highest BCUT2D eigenvalue weighted by Crippen LogP contribution is 3.02. The highest BCUT2D eigenvalue weighted by atomic mass is 32.5. The summed E-state index contributed by atoms with van der Waals surface area (Å²) in [5, 5.41) is 0. The van der Waals surface area contributed by atoms with Gasteiger partial charge in [0.05, 0.1) is 14.2 Å². The van der Waals surface area contributed by atoms with Crippen molar-refractivity contribution < 1.29 is 38.5 Å². The first kappa shape index (κ1) is 16.4. The summed E-state index contributed by atoms with van der Waals surface area (Å²) < 4.78 is 70.0. The Bertz CT molecular complexity index is 422. The molecule has 18 heavy (non-hydrogen) atoms. The molecule has 0 fully saturated rings. The number of hydrogen-bond donors (Lipinski definition) is 0. The number of ether oxygens (including phenoxy) is 2. The molecule has 0 aliphatic carbocycles. The van der Waals surface area contributed by atoms with Gasteiger partial charge < -0.3 is 9.47 Å². The van der Waals surface area contributed by atoms with Crippen molar-refractivity contribution in [1.82, 2.24) is 0 Å². The fraction of sp³-hybridized carbons (Fsp3) is 0.250. The van der Waals surface area contributed by atoms with Crippen LogP contribution in [0.5, 0.6) is 0 Å². The lowest BCUT2D eigenvalue weighted by atomic mass is 10.4. The van der Waals surface area contributed by atoms with Crippen molar-refractivity contribution in [2.75, 3.05) is 14.2 Å². The molecule has 0 aliphatic rings. The Hall–Kier alpha value is -1.58. The third kappa shape index (κ3) is 5.66. The van der Waals surface area contributed by atoms with E-state index >= 15 is 0 Å². The standard InChI is InChI=1S/C8H9F5O4S/c1-16-7(14)4-3-6(5-8(15)17-2)18(9,10,11,12)13/h3-5H,1-2H3/b4-3-,6-5+. The molecule has 0 spiro atoms. The zero-order valence-electron chi connectivity index (χ0n) is 9.16. The summed E-state index contributed by atoms with van der Waals surface area (Å²) in [6, 6.07) is 0. The van der Waals surface area contributed by atoms with E-state index in [1.807, 2.05) is 0 Å². The van der Waals surface area contributed by atoms with E-state index in [0.29, 0.717) is 7.11 Å². The van der Waals surface area contributed by atoms with Crippen LogP contribution < -0.4 is 0 Å². The molecule has 0 aromatic carbocycles. The first-order valence-corrected chi connectivity index (χ1v) is 6.05. The Morgan fingerprint density at radius 3 is 1.67 bits per heavy atom. The maximum absolute atomic E-state index is 12.5. The fourth-order valence-corrected chi connectivity index (χ4v) is 1.33. The molecule has 0 atom stereocenters. The third-order valence-electron chi connectivity index (χ3n) is 1.49. The van der Waals surface area contributed by atoms with Gasteiger partial charge in [0.1, 0.15) is 4.91 Å². The van der Waals surface area contributed by atoms with Crippen molar-refractivity contribution >= 4 is 22.2 Å². The lowest BCUT2D eigenvalue weighted by molar-refractivity contribution is -0.135. The Kier molecular flexibility index (Phi) is 3.89. The number of carbonyl (C=O) groups is 2. The summed E-state index contributed by atoms with van der Waals surface area (Å²) in [4.78, 5) is 18.6. The second-order valence-corrected chi connectivity index (χ2v) is 5.30. The molecular formula is C8H9F5O4S. The van der Waals surface area contributed by atoms with Crippen LogP contribution >= 0.6 is 10.2 Å². The van der Waals surface area contributed by atoms with Crippen LogP contribution in [0.2, 0.25) is 0 Å². The summed E-state index contributed by atoms with van der Waals surface area (Å²) in [6.07, 6.45) is -0.571. The summed E-state index contributed by atoms with van der Waals surface area (Å²) >= 11 is 0. The van der Waals surface area contributed by atoms with E-state index < -0.39 is 33.1 Å². The van der Waals surface area contributed by atoms with Gasteiger partial charge in [0.25, 0.3) is 0 Å². The van der Waals surface area contributed by atoms with Crippen molar-refractivity contribution in [1.29, 1.82) is 0 Å². The number of carbonyl (C=O) groups excluding carboxylic acids is 2. The van der Waals surface area contributed by atoms with Gasteiger partial charge in [-0.15, -0.1) is 0 Å². The topological polar surface area (TPSA) is 52.6 Å². The van der Waals surface area contributed by atoms with E-state index in [4.69, 9.17) is 0 Å². The van der Waals surface area contributed by atoms with Gasteiger partial charge in [0.15, 0.2) is 0 Å². The van der Waals surface area contributed by atoms with Crippen LogP contribution in [0.15, 0.2) is 23.1 Å². The minimum Gasteiger partial charge on any atom is -0.466 e. The van der Waals surface area contributed by atoms with Crippen LogP contribution in [0.4, 0.5) is 19.4 Å². The molecule has 0 bridgehead atoms. The Labute approximate surface area is 98.8 Å². The molecule has 0 saturated heterocycles. The van der Waals surface area contributed by atoms with Crippen LogP contribution in [-0.4, -0.2) is 26.2 Å². The number of hydrogen-bond acceptors (Lipinski definition) is 4. The van der Waals surface area contributed by atoms with Gasteiger partial charge >= 0.3 is 22.2 Å². The molecule has 0 unspecified atom stereocenters. The molecule has 0 rings (SSSR count). The van der Waals surface area contributed by atoms with Gasteiger partial charge in [-0.3, -0.25) is 0 Å². The van der Waals surface area contributed by atoms with Gasteiger partial charge in [0.2, 0.25) is 0 Å². The number of allylic oxidation sites excluding steroid dienone is 1. The molecule has 0 aliphatic heterocycles. The van der Waals surface area contributed by atoms with Gasteiger partial charge in [0, 0.05) is 12.2 Å². The quantitative estimate of drug-likeness (QED) is 0.346. The molecule has 0 saturated carbocycles. The second-order valence-electron chi connectivity index (χ2n) is 2.90. The molecule has 0 heterocycles. The molecule has 0 aromatic rings. The summed E-state index contributed by atoms with van der Waals surface area (Å²) in [6.45, 7) is 0. The summed E-state index contributed by atoms with van der Waals surface area (Å²) in [5.74, 6) is -2.92. The van der Waals surface area contributed by atoms with E-state index in [1.54, 1.807) is 0 Å². The molecule has 10 heteroatoms. The van der Waals surface area contributed by atoms with Crippen LogP contribution in [0.1, 0.15) is 0 Å². The van der Waals surface area contributed by atoms with Crippen LogP contribution in [0.25, 0.3) is 0 Å². The lowest BCUT2D eigenvalue weighted by Crippen LogP contribution is -2.11. The minimum absolute atomic E-state index is 0.118. The molecule has 106 valence electrons. The zero-order chi connectivity index (χ0) is 14.7. The average Bonchev–Trinajstić information content (AvgIpc) is 2.19. The van der Waals surface area contributed by atoms with E-state index in [1.165, 1.54) is 0 Å². The Balaban J connectivity index is 5.66. The fourth-order valence-electron chi connectivity index (χ4n) is 0.681. The van der Waals surface area contributed by atoms with E-state index in [-0.39, 0.29) is 12.2 Å². The van der Waals surface area contributed by atoms with E-state index in [0.717, 1.165) is 7.11 Å². The molecule has 0 aromatic heterocycles. The van der Waals surface area contributed by atoms with Crippen LogP contribution in [0.3, 0.4) is 0 Å². The van der Waals surface area contributed by atoms with Gasteiger partial charge in [-0.1, -0.05) is 19.4 Å². The van der Waals surface area contributed by atoms with Gasteiger partial charge in [-0.05, 0) is 6.08 Å². The number of halogens is 5. The predicted molar refractivity (Wildman–Crippen MR) is 54.4 cm³/mol. The normalized spacial score (nSPS) is 16.9. The predicted octanol–water partition coefficient (Wildman–Crippen LogP) is 3.07. The molecule has 4 nitrogen and oxygen atoms in total. The smallest absolute Gasteiger partial charge is 0.331 e. The lowest BCUT2D eigenvalue weighted by Gasteiger charge is -2.41. The molecule has 0 radical (unpaired) electrons. The summed E-state index contributed by atoms with van der Waals surface area (Å²) in [5.41, 5.74) is 0. The molecule has 0 N–H and O–H groups in total. The van der Waals surface area contributed by atoms with Crippen molar-refractivity contribution in [3.8, 4) is 0 Å². The largest absolute Gasteiger partial charge is 0.466 e. The maximum Gasteiger partial charge on any atom is 0.331 e. The second kappa shape index (κ2) is 4.26. The highest BCUT2D eigenvalue weighted by molar-refractivity contribution is 8.48. The van der Waals surface area contributed by atoms with Crippen LogP contribution in [0, 0.1) is 0 Å². The first-order valence-electron chi connectivity index (χ1n) is 4.10. The van der Waals surface area contributed by atoms with Crippen molar-refractivity contribution in [2.45, 2.75) is 0 Å². The van der Waals surface area contributed by atoms with Crippen molar-refractivity contribution in [3.05, 3.63) is 23.1 Å². The Morgan fingerprint density at radius 1 is 0.889 bits per heavy atom. The van der Waals surface area contributed by atoms with Crippen molar-refractivity contribution in [3.63, 3.8) is 0 Å². The van der Waals surface area contributed by atoms with Gasteiger partial charge in [-0.2, -0.15) is 0 Å². The molecule has 0 amide bonds. The monoisotopic (exact) mass is 296 g/mol. The van der Waals surface area contributed by atoms with Crippen molar-refractivity contribution in [2.24, 2.45) is 0 Å². The van der Waals surface area contributed by atoms with Crippen LogP contribution in [-0.2, 0) is 19.1 Å². The Morgan fingerprint density at radius 2 is 1.33 bits per heavy atom. The third-order valence-corrected chi connectivity index (χ3v) is 2.64. The number of esters is 2. The maximum atomic E-state index is 12.5. The zero-order valence-corrected chi connectivity index (χ0v) is 9.98. The average molecular weight is 296 g/mol. The van der Waals surface area contributed by atoms with Gasteiger partial charge in [-0.25, -0.2) is 9.59 Å². The summed E-state index contributed by atoms with van der Waals surface area (Å²) in [7, 11) is -8.53. The first-order chi connectivity index (χ1) is 7.80. The highest BCUT2D eigenvalue weighted by Gasteiger charge is 2.66. The molecular weight excluding hydrogens is 287 g/mol. The minimum atomic E-state index is -10.1. The SMILES string of the molecule is COC(=O)/C=C\C(=C/C(=O)OC)S(F)(F)(F)(F)F. The number of methoxy groups -OCH3 is 2. The number of rotatable bonds is 4. The van der Waals surface area contributed by atoms with E-state index in [9.17, 15) is 29.0 Å².